The lowest BCUT2D eigenvalue weighted by atomic mass is 9.94. The largest absolute Gasteiger partial charge is 0.493 e. The minimum atomic E-state index is -0.673. The molecule has 3 aromatic rings. The SMILES string of the molecule is COc1cc(OCC(O)CN2CCC(C(=O)NC(CCCc3ccccc3)CCCc3ccccc3)CC2)cc(OC)c1OC. The molecule has 0 bridgehead atoms. The summed E-state index contributed by atoms with van der Waals surface area (Å²) in [5, 5.41) is 14.1. The molecule has 1 aliphatic heterocycles. The molecule has 0 radical (unpaired) electrons. The van der Waals surface area contributed by atoms with E-state index >= 15 is 0 Å². The van der Waals surface area contributed by atoms with E-state index in [1.807, 2.05) is 12.1 Å². The maximum absolute atomic E-state index is 13.4. The van der Waals surface area contributed by atoms with E-state index < -0.39 is 6.10 Å². The number of aliphatic hydroxyl groups is 1. The third kappa shape index (κ3) is 11.0. The van der Waals surface area contributed by atoms with E-state index in [9.17, 15) is 9.90 Å². The Kier molecular flexibility index (Phi) is 13.9. The molecule has 0 saturated carbocycles. The highest BCUT2D eigenvalue weighted by Gasteiger charge is 2.27. The average Bonchev–Trinajstić information content (AvgIpc) is 3.08. The number of aliphatic hydroxyl groups excluding tert-OH is 1. The predicted octanol–water partition coefficient (Wildman–Crippen LogP) is 5.69. The van der Waals surface area contributed by atoms with Gasteiger partial charge in [-0.05, 0) is 75.6 Å². The van der Waals surface area contributed by atoms with Crippen molar-refractivity contribution < 1.29 is 28.8 Å². The van der Waals surface area contributed by atoms with E-state index in [2.05, 4.69) is 58.7 Å². The zero-order valence-electron chi connectivity index (χ0n) is 27.1. The van der Waals surface area contributed by atoms with Crippen LogP contribution >= 0.6 is 0 Å². The van der Waals surface area contributed by atoms with Crippen LogP contribution in [0.2, 0.25) is 0 Å². The van der Waals surface area contributed by atoms with Gasteiger partial charge in [0.15, 0.2) is 11.5 Å². The Morgan fingerprint density at radius 2 is 1.38 bits per heavy atom. The lowest BCUT2D eigenvalue weighted by molar-refractivity contribution is -0.127. The van der Waals surface area contributed by atoms with Crippen molar-refractivity contribution in [3.63, 3.8) is 0 Å². The summed E-state index contributed by atoms with van der Waals surface area (Å²) in [5.41, 5.74) is 2.69. The van der Waals surface area contributed by atoms with E-state index in [-0.39, 0.29) is 24.5 Å². The van der Waals surface area contributed by atoms with Crippen molar-refractivity contribution in [1.82, 2.24) is 10.2 Å². The number of aryl methyl sites for hydroxylation is 2. The molecule has 1 aliphatic rings. The normalized spacial score (nSPS) is 14.6. The topological polar surface area (TPSA) is 89.5 Å². The van der Waals surface area contributed by atoms with Crippen molar-refractivity contribution >= 4 is 5.91 Å². The average molecular weight is 619 g/mol. The van der Waals surface area contributed by atoms with E-state index in [1.54, 1.807) is 33.5 Å². The molecule has 0 spiro atoms. The van der Waals surface area contributed by atoms with Crippen molar-refractivity contribution in [2.45, 2.75) is 63.5 Å². The molecule has 4 rings (SSSR count). The number of hydrogen-bond donors (Lipinski definition) is 2. The quantitative estimate of drug-likeness (QED) is 0.189. The molecule has 3 aromatic carbocycles. The third-order valence-electron chi connectivity index (χ3n) is 8.58. The number of benzene rings is 3. The van der Waals surface area contributed by atoms with Gasteiger partial charge < -0.3 is 34.3 Å². The molecule has 1 saturated heterocycles. The van der Waals surface area contributed by atoms with Crippen LogP contribution in [0.5, 0.6) is 23.0 Å². The van der Waals surface area contributed by atoms with Crippen molar-refractivity contribution in [2.75, 3.05) is 47.6 Å². The van der Waals surface area contributed by atoms with Crippen LogP contribution < -0.4 is 24.3 Å². The van der Waals surface area contributed by atoms with E-state index in [1.165, 1.54) is 11.1 Å². The standard InChI is InChI=1S/C37H50N2O6/c1-42-34-24-33(25-35(43-2)36(34)44-3)45-27-32(40)26-39-22-20-30(21-23-39)37(41)38-31(18-10-16-28-12-6-4-7-13-28)19-11-17-29-14-8-5-9-15-29/h4-9,12-15,24-25,30-32,40H,10-11,16-23,26-27H2,1-3H3,(H,38,41). The smallest absolute Gasteiger partial charge is 0.223 e. The third-order valence-corrected chi connectivity index (χ3v) is 8.58. The zero-order chi connectivity index (χ0) is 31.9. The number of hydrogen-bond acceptors (Lipinski definition) is 7. The molecular weight excluding hydrogens is 568 g/mol. The van der Waals surface area contributed by atoms with Gasteiger partial charge in [-0.15, -0.1) is 0 Å². The molecule has 2 N–H and O–H groups in total. The van der Waals surface area contributed by atoms with Crippen LogP contribution in [0.4, 0.5) is 0 Å². The number of carbonyl (C=O) groups is 1. The minimum Gasteiger partial charge on any atom is -0.493 e. The molecular formula is C37H50N2O6. The van der Waals surface area contributed by atoms with Crippen LogP contribution in [-0.2, 0) is 17.6 Å². The number of likely N-dealkylation sites (tertiary alicyclic amines) is 1. The van der Waals surface area contributed by atoms with Crippen molar-refractivity contribution in [2.24, 2.45) is 5.92 Å². The molecule has 8 heteroatoms. The fourth-order valence-electron chi connectivity index (χ4n) is 6.06. The summed E-state index contributed by atoms with van der Waals surface area (Å²) in [4.78, 5) is 15.6. The lowest BCUT2D eigenvalue weighted by Gasteiger charge is -2.33. The van der Waals surface area contributed by atoms with Crippen molar-refractivity contribution in [3.05, 3.63) is 83.9 Å². The van der Waals surface area contributed by atoms with Crippen LogP contribution in [0.1, 0.15) is 49.7 Å². The monoisotopic (exact) mass is 618 g/mol. The van der Waals surface area contributed by atoms with Gasteiger partial charge in [-0.2, -0.15) is 0 Å². The maximum Gasteiger partial charge on any atom is 0.223 e. The van der Waals surface area contributed by atoms with Gasteiger partial charge >= 0.3 is 0 Å². The molecule has 45 heavy (non-hydrogen) atoms. The number of ether oxygens (including phenoxy) is 4. The highest BCUT2D eigenvalue weighted by Crippen LogP contribution is 2.40. The fourth-order valence-corrected chi connectivity index (χ4v) is 6.06. The zero-order valence-corrected chi connectivity index (χ0v) is 27.1. The van der Waals surface area contributed by atoms with Gasteiger partial charge in [0.25, 0.3) is 0 Å². The molecule has 8 nitrogen and oxygen atoms in total. The summed E-state index contributed by atoms with van der Waals surface area (Å²) < 4.78 is 22.0. The second-order valence-corrected chi connectivity index (χ2v) is 11.9. The van der Waals surface area contributed by atoms with E-state index in [0.717, 1.165) is 64.5 Å². The lowest BCUT2D eigenvalue weighted by Crippen LogP contribution is -2.46. The van der Waals surface area contributed by atoms with Gasteiger partial charge in [0.1, 0.15) is 18.5 Å². The summed E-state index contributed by atoms with van der Waals surface area (Å²) in [6.45, 7) is 2.16. The Morgan fingerprint density at radius 1 is 0.844 bits per heavy atom. The summed E-state index contributed by atoms with van der Waals surface area (Å²) >= 11 is 0. The molecule has 1 fully saturated rings. The summed E-state index contributed by atoms with van der Waals surface area (Å²) in [5.74, 6) is 2.18. The van der Waals surface area contributed by atoms with E-state index in [4.69, 9.17) is 18.9 Å². The molecule has 244 valence electrons. The number of rotatable bonds is 18. The number of nitrogens with one attached hydrogen (secondary N) is 1. The van der Waals surface area contributed by atoms with Crippen molar-refractivity contribution in [1.29, 1.82) is 0 Å². The predicted molar refractivity (Wildman–Crippen MR) is 177 cm³/mol. The summed E-state index contributed by atoms with van der Waals surface area (Å²) in [6, 6.07) is 24.7. The highest BCUT2D eigenvalue weighted by atomic mass is 16.5. The van der Waals surface area contributed by atoms with Crippen LogP contribution in [-0.4, -0.2) is 75.6 Å². The van der Waals surface area contributed by atoms with Gasteiger partial charge in [-0.1, -0.05) is 60.7 Å². The van der Waals surface area contributed by atoms with Gasteiger partial charge in [0, 0.05) is 30.6 Å². The van der Waals surface area contributed by atoms with Crippen LogP contribution in [0.25, 0.3) is 0 Å². The van der Waals surface area contributed by atoms with Gasteiger partial charge in [0.05, 0.1) is 21.3 Å². The molecule has 1 atom stereocenters. The van der Waals surface area contributed by atoms with E-state index in [0.29, 0.717) is 29.5 Å². The molecule has 0 aromatic heterocycles. The molecule has 1 amide bonds. The highest BCUT2D eigenvalue weighted by molar-refractivity contribution is 5.79. The summed E-state index contributed by atoms with van der Waals surface area (Å²) in [7, 11) is 4.66. The number of nitrogens with zero attached hydrogens (tertiary/aromatic N) is 1. The Balaban J connectivity index is 1.22. The first-order valence-electron chi connectivity index (χ1n) is 16.2. The minimum absolute atomic E-state index is 0.000353. The van der Waals surface area contributed by atoms with Crippen LogP contribution in [0.3, 0.4) is 0 Å². The first-order valence-corrected chi connectivity index (χ1v) is 16.2. The molecule has 1 unspecified atom stereocenters. The van der Waals surface area contributed by atoms with Crippen LogP contribution in [0.15, 0.2) is 72.8 Å². The second-order valence-electron chi connectivity index (χ2n) is 11.9. The number of carbonyl (C=O) groups excluding carboxylic acids is 1. The first-order chi connectivity index (χ1) is 22.0. The molecule has 1 heterocycles. The fraction of sp³-hybridized carbons (Fsp3) is 0.486. The number of methoxy groups -OCH3 is 3. The van der Waals surface area contributed by atoms with Gasteiger partial charge in [-0.25, -0.2) is 0 Å². The van der Waals surface area contributed by atoms with Crippen LogP contribution in [0, 0.1) is 5.92 Å². The number of amides is 1. The Labute approximate surface area is 268 Å². The Bertz CT molecular complexity index is 1210. The Morgan fingerprint density at radius 3 is 1.87 bits per heavy atom. The second kappa shape index (κ2) is 18.3. The number of β-amino-alcohol motifs (C(OH)–C–C–N with tert-alkyl or cyclic N) is 1. The van der Waals surface area contributed by atoms with Gasteiger partial charge in [-0.3, -0.25) is 4.79 Å². The maximum atomic E-state index is 13.4. The summed E-state index contributed by atoms with van der Waals surface area (Å²) in [6.07, 6.45) is 7.00. The number of piperidine rings is 1. The van der Waals surface area contributed by atoms with Crippen molar-refractivity contribution in [3.8, 4) is 23.0 Å². The first kappa shape index (κ1) is 34.1. The van der Waals surface area contributed by atoms with Gasteiger partial charge in [0.2, 0.25) is 11.7 Å². The molecule has 0 aliphatic carbocycles. The Hall–Kier alpha value is -3.75.